The van der Waals surface area contributed by atoms with E-state index >= 15 is 0 Å². The van der Waals surface area contributed by atoms with E-state index in [9.17, 15) is 35.1 Å². The molecule has 0 aromatic heterocycles. The summed E-state index contributed by atoms with van der Waals surface area (Å²) in [5, 5.41) is 0. The van der Waals surface area contributed by atoms with Crippen molar-refractivity contribution in [2.75, 3.05) is 0 Å². The maximum atomic E-state index is 12.3. The molecule has 0 unspecified atom stereocenters. The van der Waals surface area contributed by atoms with E-state index in [4.69, 9.17) is 0 Å². The highest BCUT2D eigenvalue weighted by molar-refractivity contribution is 5.44. The Labute approximate surface area is 100 Å². The Kier molecular flexibility index (Phi) is 4.11. The minimum atomic E-state index is -5.34. The van der Waals surface area contributed by atoms with Gasteiger partial charge in [-0.15, -0.1) is 13.2 Å². The van der Waals surface area contributed by atoms with Crippen molar-refractivity contribution in [1.29, 1.82) is 0 Å². The Balaban J connectivity index is 3.18. The van der Waals surface area contributed by atoms with Crippen molar-refractivity contribution >= 4 is 0 Å². The maximum Gasteiger partial charge on any atom is 0.573 e. The molecule has 10 heteroatoms. The molecule has 0 bridgehead atoms. The van der Waals surface area contributed by atoms with E-state index in [2.05, 4.69) is 9.47 Å². The number of benzene rings is 1. The molecule has 0 fully saturated rings. The molecule has 0 atom stereocenters. The third-order valence-electron chi connectivity index (χ3n) is 1.71. The highest BCUT2D eigenvalue weighted by atomic mass is 19.4. The van der Waals surface area contributed by atoms with E-state index < -0.39 is 36.2 Å². The zero-order valence-electron chi connectivity index (χ0n) is 8.65. The first kappa shape index (κ1) is 15.3. The van der Waals surface area contributed by atoms with Gasteiger partial charge in [-0.3, -0.25) is 0 Å². The monoisotopic (exact) mass is 296 g/mol. The molecule has 0 radical (unpaired) electrons. The molecule has 19 heavy (non-hydrogen) atoms. The Hall–Kier alpha value is -1.74. The molecule has 0 aliphatic rings. The number of hydrogen-bond acceptors (Lipinski definition) is 2. The molecule has 1 aromatic carbocycles. The summed E-state index contributed by atoms with van der Waals surface area (Å²) in [5.74, 6) is -2.65. The predicted octanol–water partition coefficient (Wildman–Crippen LogP) is 4.21. The second-order valence-corrected chi connectivity index (χ2v) is 3.09. The van der Waals surface area contributed by atoms with E-state index in [0.717, 1.165) is 0 Å². The third kappa shape index (κ3) is 4.79. The summed E-state index contributed by atoms with van der Waals surface area (Å²) < 4.78 is 103. The normalized spacial score (nSPS) is 12.7. The van der Waals surface area contributed by atoms with Crippen LogP contribution >= 0.6 is 0 Å². The summed E-state index contributed by atoms with van der Waals surface area (Å²) in [5.41, 5.74) is -1.49. The van der Waals surface area contributed by atoms with E-state index in [1.54, 1.807) is 0 Å². The third-order valence-corrected chi connectivity index (χ3v) is 1.71. The Bertz CT molecular complexity index is 437. The van der Waals surface area contributed by atoms with Crippen LogP contribution in [0, 0.1) is 0 Å². The quantitative estimate of drug-likeness (QED) is 0.778. The number of halogens is 8. The first-order chi connectivity index (χ1) is 8.49. The molecule has 0 aliphatic carbocycles. The summed E-state index contributed by atoms with van der Waals surface area (Å²) in [6.45, 7) is -3.51. The lowest BCUT2D eigenvalue weighted by atomic mass is 10.2. The van der Waals surface area contributed by atoms with Crippen LogP contribution in [0.15, 0.2) is 18.2 Å². The number of hydrogen-bond donors (Lipinski definition) is 0. The van der Waals surface area contributed by atoms with Crippen LogP contribution in [0.2, 0.25) is 0 Å². The zero-order chi connectivity index (χ0) is 14.8. The topological polar surface area (TPSA) is 18.5 Å². The molecule has 1 aromatic rings. The standard InChI is InChI=1S/C9H4F8O2/c10-7(11)18-5-2-1-4(8(12,13)14)3-6(5)19-9(15,16)17/h1-3,7H. The molecular formula is C9H4F8O2. The Morgan fingerprint density at radius 2 is 1.47 bits per heavy atom. The van der Waals surface area contributed by atoms with Crippen LogP contribution in [0.4, 0.5) is 35.1 Å². The second-order valence-electron chi connectivity index (χ2n) is 3.09. The fraction of sp³-hybridized carbons (Fsp3) is 0.333. The summed E-state index contributed by atoms with van der Waals surface area (Å²) in [6, 6.07) is 0.530. The molecule has 0 saturated heterocycles. The lowest BCUT2D eigenvalue weighted by Crippen LogP contribution is -2.19. The first-order valence-electron chi connectivity index (χ1n) is 4.41. The fourth-order valence-corrected chi connectivity index (χ4v) is 1.08. The molecule has 1 rings (SSSR count). The summed E-state index contributed by atoms with van der Waals surface area (Å²) >= 11 is 0. The highest BCUT2D eigenvalue weighted by Crippen LogP contribution is 2.38. The van der Waals surface area contributed by atoms with Crippen LogP contribution in [0.3, 0.4) is 0 Å². The number of rotatable bonds is 3. The van der Waals surface area contributed by atoms with Gasteiger partial charge in [0.15, 0.2) is 11.5 Å². The Morgan fingerprint density at radius 1 is 0.895 bits per heavy atom. The molecular weight excluding hydrogens is 292 g/mol. The van der Waals surface area contributed by atoms with Gasteiger partial charge in [0.2, 0.25) is 0 Å². The van der Waals surface area contributed by atoms with Gasteiger partial charge in [0.05, 0.1) is 5.56 Å². The predicted molar refractivity (Wildman–Crippen MR) is 44.8 cm³/mol. The second kappa shape index (κ2) is 5.10. The van der Waals surface area contributed by atoms with Gasteiger partial charge in [0, 0.05) is 0 Å². The smallest absolute Gasteiger partial charge is 0.431 e. The van der Waals surface area contributed by atoms with Crippen molar-refractivity contribution in [3.05, 3.63) is 23.8 Å². The lowest BCUT2D eigenvalue weighted by Gasteiger charge is -2.15. The molecule has 108 valence electrons. The van der Waals surface area contributed by atoms with Crippen molar-refractivity contribution < 1.29 is 44.6 Å². The summed E-state index contributed by atoms with van der Waals surface area (Å²) in [4.78, 5) is 0. The van der Waals surface area contributed by atoms with E-state index in [0.29, 0.717) is 12.1 Å². The molecule has 0 spiro atoms. The van der Waals surface area contributed by atoms with Gasteiger partial charge < -0.3 is 9.47 Å². The van der Waals surface area contributed by atoms with E-state index in [-0.39, 0.29) is 6.07 Å². The lowest BCUT2D eigenvalue weighted by molar-refractivity contribution is -0.275. The van der Waals surface area contributed by atoms with Crippen LogP contribution in [0.1, 0.15) is 5.56 Å². The zero-order valence-corrected chi connectivity index (χ0v) is 8.65. The van der Waals surface area contributed by atoms with Gasteiger partial charge in [0.25, 0.3) is 0 Å². The first-order valence-corrected chi connectivity index (χ1v) is 4.41. The van der Waals surface area contributed by atoms with Crippen LogP contribution in [0.25, 0.3) is 0 Å². The minimum Gasteiger partial charge on any atom is -0.431 e. The van der Waals surface area contributed by atoms with Crippen LogP contribution < -0.4 is 9.47 Å². The maximum absolute atomic E-state index is 12.3. The largest absolute Gasteiger partial charge is 0.573 e. The van der Waals surface area contributed by atoms with Gasteiger partial charge >= 0.3 is 19.2 Å². The van der Waals surface area contributed by atoms with Crippen LogP contribution in [-0.4, -0.2) is 13.0 Å². The molecule has 2 nitrogen and oxygen atoms in total. The van der Waals surface area contributed by atoms with Crippen molar-refractivity contribution in [3.63, 3.8) is 0 Å². The summed E-state index contributed by atoms with van der Waals surface area (Å²) in [6.07, 6.45) is -10.3. The van der Waals surface area contributed by atoms with Crippen molar-refractivity contribution in [3.8, 4) is 11.5 Å². The van der Waals surface area contributed by atoms with Crippen molar-refractivity contribution in [2.24, 2.45) is 0 Å². The molecule has 0 amide bonds. The van der Waals surface area contributed by atoms with Gasteiger partial charge in [-0.05, 0) is 18.2 Å². The molecule has 0 heterocycles. The SMILES string of the molecule is FC(F)Oc1ccc(C(F)(F)F)cc1OC(F)(F)F. The molecule has 0 N–H and O–H groups in total. The van der Waals surface area contributed by atoms with Gasteiger partial charge in [-0.25, -0.2) is 0 Å². The van der Waals surface area contributed by atoms with Gasteiger partial charge in [-0.1, -0.05) is 0 Å². The minimum absolute atomic E-state index is 0.0782. The van der Waals surface area contributed by atoms with Crippen LogP contribution in [-0.2, 0) is 6.18 Å². The fourth-order valence-electron chi connectivity index (χ4n) is 1.08. The van der Waals surface area contributed by atoms with Crippen molar-refractivity contribution in [2.45, 2.75) is 19.2 Å². The van der Waals surface area contributed by atoms with Crippen molar-refractivity contribution in [1.82, 2.24) is 0 Å². The van der Waals surface area contributed by atoms with Gasteiger partial charge in [0.1, 0.15) is 0 Å². The average Bonchev–Trinajstić information content (AvgIpc) is 2.15. The summed E-state index contributed by atoms with van der Waals surface area (Å²) in [7, 11) is 0. The van der Waals surface area contributed by atoms with E-state index in [1.807, 2.05) is 0 Å². The average molecular weight is 296 g/mol. The number of alkyl halides is 8. The molecule has 0 aliphatic heterocycles. The Morgan fingerprint density at radius 3 is 1.89 bits per heavy atom. The van der Waals surface area contributed by atoms with E-state index in [1.165, 1.54) is 0 Å². The van der Waals surface area contributed by atoms with Crippen LogP contribution in [0.5, 0.6) is 11.5 Å². The molecule has 0 saturated carbocycles. The van der Waals surface area contributed by atoms with Gasteiger partial charge in [-0.2, -0.15) is 22.0 Å². The highest BCUT2D eigenvalue weighted by Gasteiger charge is 2.36. The number of ether oxygens (including phenoxy) is 2.